The molecule has 1 saturated heterocycles. The van der Waals surface area contributed by atoms with Crippen molar-refractivity contribution in [3.05, 3.63) is 38.9 Å². The zero-order valence-electron chi connectivity index (χ0n) is 11.6. The zero-order chi connectivity index (χ0) is 15.4. The molecular formula is C13H17ClN4O3. The molecule has 2 N–H and O–H groups in total. The number of piperazine rings is 1. The molecule has 1 aromatic carbocycles. The maximum Gasteiger partial charge on any atom is 0.288 e. The molecule has 0 aliphatic carbocycles. The van der Waals surface area contributed by atoms with E-state index < -0.39 is 4.92 Å². The third-order valence-corrected chi connectivity index (χ3v) is 3.82. The second kappa shape index (κ2) is 6.84. The van der Waals surface area contributed by atoms with Crippen LogP contribution in [0.3, 0.4) is 0 Å². The Morgan fingerprint density at radius 1 is 1.62 bits per heavy atom. The van der Waals surface area contributed by atoms with E-state index in [-0.39, 0.29) is 22.7 Å². The van der Waals surface area contributed by atoms with Crippen LogP contribution in [-0.2, 0) is 11.3 Å². The zero-order valence-corrected chi connectivity index (χ0v) is 12.4. The van der Waals surface area contributed by atoms with Crippen molar-refractivity contribution in [2.75, 3.05) is 26.7 Å². The summed E-state index contributed by atoms with van der Waals surface area (Å²) in [6.45, 7) is 2.52. The number of nitro benzene ring substituents is 1. The number of carbonyl (C=O) groups is 1. The van der Waals surface area contributed by atoms with Crippen LogP contribution >= 0.6 is 11.6 Å². The Kier molecular flexibility index (Phi) is 5.11. The van der Waals surface area contributed by atoms with Gasteiger partial charge in [0.15, 0.2) is 0 Å². The van der Waals surface area contributed by atoms with Gasteiger partial charge in [-0.2, -0.15) is 0 Å². The van der Waals surface area contributed by atoms with Crippen LogP contribution in [0, 0.1) is 10.1 Å². The predicted octanol–water partition coefficient (Wildman–Crippen LogP) is 0.768. The van der Waals surface area contributed by atoms with E-state index in [1.165, 1.54) is 12.1 Å². The van der Waals surface area contributed by atoms with Gasteiger partial charge in [-0.1, -0.05) is 17.7 Å². The molecule has 21 heavy (non-hydrogen) atoms. The number of nitro groups is 1. The van der Waals surface area contributed by atoms with E-state index in [1.807, 2.05) is 4.90 Å². The molecule has 1 atom stereocenters. The lowest BCUT2D eigenvalue weighted by atomic mass is 10.1. The summed E-state index contributed by atoms with van der Waals surface area (Å²) in [5, 5.41) is 16.8. The molecule has 2 rings (SSSR count). The van der Waals surface area contributed by atoms with Crippen molar-refractivity contribution in [1.29, 1.82) is 0 Å². The average molecular weight is 313 g/mol. The average Bonchev–Trinajstić information content (AvgIpc) is 2.48. The van der Waals surface area contributed by atoms with Crippen molar-refractivity contribution in [3.8, 4) is 0 Å². The molecule has 0 radical (unpaired) electrons. The molecule has 0 spiro atoms. The number of hydrogen-bond acceptors (Lipinski definition) is 5. The highest BCUT2D eigenvalue weighted by atomic mass is 35.5. The standard InChI is InChI=1S/C13H17ClN4O3/c1-15-13(19)12-7-16-4-5-17(12)8-9-2-3-10(14)11(6-9)18(20)21/h2-3,6,12,16H,4-5,7-8H2,1H3,(H,15,19). The topological polar surface area (TPSA) is 87.5 Å². The van der Waals surface area contributed by atoms with Gasteiger partial charge in [0.25, 0.3) is 5.69 Å². The molecule has 114 valence electrons. The maximum atomic E-state index is 11.9. The van der Waals surface area contributed by atoms with E-state index in [1.54, 1.807) is 13.1 Å². The Balaban J connectivity index is 2.17. The second-order valence-electron chi connectivity index (χ2n) is 4.85. The molecule has 1 aliphatic heterocycles. The number of halogens is 1. The van der Waals surface area contributed by atoms with Gasteiger partial charge in [-0.15, -0.1) is 0 Å². The molecule has 1 unspecified atom stereocenters. The minimum absolute atomic E-state index is 0.0642. The van der Waals surface area contributed by atoms with Crippen molar-refractivity contribution >= 4 is 23.2 Å². The summed E-state index contributed by atoms with van der Waals surface area (Å²) < 4.78 is 0. The fraction of sp³-hybridized carbons (Fsp3) is 0.462. The van der Waals surface area contributed by atoms with Gasteiger partial charge in [0, 0.05) is 39.3 Å². The summed E-state index contributed by atoms with van der Waals surface area (Å²) in [6.07, 6.45) is 0. The van der Waals surface area contributed by atoms with Gasteiger partial charge in [0.05, 0.1) is 4.92 Å². The second-order valence-corrected chi connectivity index (χ2v) is 5.25. The first-order valence-corrected chi connectivity index (χ1v) is 7.00. The SMILES string of the molecule is CNC(=O)C1CNCCN1Cc1ccc(Cl)c([N+](=O)[O-])c1. The highest BCUT2D eigenvalue weighted by molar-refractivity contribution is 6.32. The van der Waals surface area contributed by atoms with E-state index in [9.17, 15) is 14.9 Å². The van der Waals surface area contributed by atoms with Gasteiger partial charge in [0.1, 0.15) is 11.1 Å². The van der Waals surface area contributed by atoms with E-state index in [0.717, 1.165) is 12.1 Å². The first-order chi connectivity index (χ1) is 10.0. The van der Waals surface area contributed by atoms with Crippen LogP contribution in [0.1, 0.15) is 5.56 Å². The van der Waals surface area contributed by atoms with Crippen molar-refractivity contribution in [2.24, 2.45) is 0 Å². The molecule has 1 fully saturated rings. The highest BCUT2D eigenvalue weighted by Gasteiger charge is 2.28. The summed E-state index contributed by atoms with van der Waals surface area (Å²) in [6, 6.07) is 4.45. The smallest absolute Gasteiger partial charge is 0.288 e. The van der Waals surface area contributed by atoms with Crippen molar-refractivity contribution < 1.29 is 9.72 Å². The number of likely N-dealkylation sites (N-methyl/N-ethyl adjacent to an activating group) is 1. The third kappa shape index (κ3) is 3.69. The van der Waals surface area contributed by atoms with Crippen LogP contribution < -0.4 is 10.6 Å². The fourth-order valence-corrected chi connectivity index (χ4v) is 2.58. The molecule has 1 heterocycles. The van der Waals surface area contributed by atoms with Crippen LogP contribution in [0.2, 0.25) is 5.02 Å². The third-order valence-electron chi connectivity index (χ3n) is 3.50. The van der Waals surface area contributed by atoms with Gasteiger partial charge < -0.3 is 10.6 Å². The minimum atomic E-state index is -0.500. The van der Waals surface area contributed by atoms with Crippen LogP contribution in [-0.4, -0.2) is 48.5 Å². The Morgan fingerprint density at radius 3 is 3.05 bits per heavy atom. The number of rotatable bonds is 4. The molecule has 7 nitrogen and oxygen atoms in total. The van der Waals surface area contributed by atoms with Crippen LogP contribution in [0.4, 0.5) is 5.69 Å². The van der Waals surface area contributed by atoms with Gasteiger partial charge in [-0.25, -0.2) is 0 Å². The summed E-state index contributed by atoms with van der Waals surface area (Å²) in [5.74, 6) is -0.0642. The lowest BCUT2D eigenvalue weighted by molar-refractivity contribution is -0.384. The van der Waals surface area contributed by atoms with Gasteiger partial charge in [-0.3, -0.25) is 19.8 Å². The predicted molar refractivity (Wildman–Crippen MR) is 79.2 cm³/mol. The quantitative estimate of drug-likeness (QED) is 0.633. The van der Waals surface area contributed by atoms with Gasteiger partial charge in [0.2, 0.25) is 5.91 Å². The number of amides is 1. The Labute approximate surface area is 127 Å². The van der Waals surface area contributed by atoms with E-state index in [0.29, 0.717) is 19.6 Å². The molecule has 0 aromatic heterocycles. The molecule has 0 bridgehead atoms. The maximum absolute atomic E-state index is 11.9. The molecule has 1 amide bonds. The lowest BCUT2D eigenvalue weighted by Crippen LogP contribution is -2.56. The van der Waals surface area contributed by atoms with Crippen molar-refractivity contribution in [1.82, 2.24) is 15.5 Å². The molecule has 8 heteroatoms. The lowest BCUT2D eigenvalue weighted by Gasteiger charge is -2.34. The minimum Gasteiger partial charge on any atom is -0.358 e. The monoisotopic (exact) mass is 312 g/mol. The van der Waals surface area contributed by atoms with Crippen molar-refractivity contribution in [3.63, 3.8) is 0 Å². The van der Waals surface area contributed by atoms with Crippen molar-refractivity contribution in [2.45, 2.75) is 12.6 Å². The Hall–Kier alpha value is -1.70. The number of nitrogens with zero attached hydrogens (tertiary/aromatic N) is 2. The summed E-state index contributed by atoms with van der Waals surface area (Å²) in [5.41, 5.74) is 0.655. The van der Waals surface area contributed by atoms with Gasteiger partial charge in [-0.05, 0) is 11.6 Å². The summed E-state index contributed by atoms with van der Waals surface area (Å²) in [4.78, 5) is 24.3. The number of benzene rings is 1. The molecular weight excluding hydrogens is 296 g/mol. The molecule has 1 aliphatic rings. The van der Waals surface area contributed by atoms with E-state index in [4.69, 9.17) is 11.6 Å². The molecule has 0 saturated carbocycles. The number of carbonyl (C=O) groups excluding carboxylic acids is 1. The highest BCUT2D eigenvalue weighted by Crippen LogP contribution is 2.26. The molecule has 1 aromatic rings. The van der Waals surface area contributed by atoms with Gasteiger partial charge >= 0.3 is 0 Å². The van der Waals surface area contributed by atoms with E-state index in [2.05, 4.69) is 10.6 Å². The number of hydrogen-bond donors (Lipinski definition) is 2. The number of nitrogens with one attached hydrogen (secondary N) is 2. The Morgan fingerprint density at radius 2 is 2.38 bits per heavy atom. The van der Waals surface area contributed by atoms with Crippen LogP contribution in [0.25, 0.3) is 0 Å². The van der Waals surface area contributed by atoms with E-state index >= 15 is 0 Å². The fourth-order valence-electron chi connectivity index (χ4n) is 2.39. The summed E-state index contributed by atoms with van der Waals surface area (Å²) >= 11 is 5.81. The largest absolute Gasteiger partial charge is 0.358 e. The Bertz CT molecular complexity index is 552. The van der Waals surface area contributed by atoms with Crippen LogP contribution in [0.15, 0.2) is 18.2 Å². The first-order valence-electron chi connectivity index (χ1n) is 6.62. The normalized spacial score (nSPS) is 19.2. The van der Waals surface area contributed by atoms with Crippen LogP contribution in [0.5, 0.6) is 0 Å². The summed E-state index contributed by atoms with van der Waals surface area (Å²) in [7, 11) is 1.60. The first kappa shape index (κ1) is 15.7.